The van der Waals surface area contributed by atoms with Crippen LogP contribution in [0.25, 0.3) is 0 Å². The van der Waals surface area contributed by atoms with Gasteiger partial charge >= 0.3 is 0 Å². The maximum Gasteiger partial charge on any atom is 0.0830 e. The normalized spacial score (nSPS) is 16.1. The topological polar surface area (TPSA) is 20.2 Å². The van der Waals surface area contributed by atoms with Crippen LogP contribution in [0.15, 0.2) is 42.5 Å². The van der Waals surface area contributed by atoms with Gasteiger partial charge in [-0.05, 0) is 60.4 Å². The number of rotatable bonds is 4. The number of aliphatic hydroxyl groups is 1. The zero-order valence-corrected chi connectivity index (χ0v) is 12.3. The molecule has 0 heterocycles. The molecule has 1 aliphatic rings. The fourth-order valence-corrected chi connectivity index (χ4v) is 2.92. The molecule has 1 fully saturated rings. The highest BCUT2D eigenvalue weighted by molar-refractivity contribution is 5.36. The van der Waals surface area contributed by atoms with Crippen molar-refractivity contribution in [2.24, 2.45) is 0 Å². The molecular weight excluding hydrogens is 244 g/mol. The van der Waals surface area contributed by atoms with Gasteiger partial charge in [-0.2, -0.15) is 0 Å². The van der Waals surface area contributed by atoms with E-state index in [4.69, 9.17) is 0 Å². The second-order valence-electron chi connectivity index (χ2n) is 6.03. The Morgan fingerprint density at radius 1 is 1.05 bits per heavy atom. The molecule has 2 aromatic rings. The van der Waals surface area contributed by atoms with E-state index in [9.17, 15) is 5.11 Å². The molecule has 0 aliphatic heterocycles. The molecule has 104 valence electrons. The van der Waals surface area contributed by atoms with Crippen LogP contribution in [0.3, 0.4) is 0 Å². The second-order valence-corrected chi connectivity index (χ2v) is 6.03. The summed E-state index contributed by atoms with van der Waals surface area (Å²) >= 11 is 0. The Morgan fingerprint density at radius 3 is 2.35 bits per heavy atom. The number of aliphatic hydroxyl groups excluding tert-OH is 1. The van der Waals surface area contributed by atoms with Crippen LogP contribution in [0.4, 0.5) is 0 Å². The highest BCUT2D eigenvalue weighted by atomic mass is 16.3. The lowest BCUT2D eigenvalue weighted by Gasteiger charge is -2.16. The van der Waals surface area contributed by atoms with Crippen molar-refractivity contribution in [3.05, 3.63) is 70.3 Å². The molecule has 0 bridgehead atoms. The highest BCUT2D eigenvalue weighted by Gasteiger charge is 2.24. The van der Waals surface area contributed by atoms with Crippen LogP contribution in [0.5, 0.6) is 0 Å². The average molecular weight is 266 g/mol. The predicted octanol–water partition coefficient (Wildman–Crippen LogP) is 4.46. The molecule has 0 aromatic heterocycles. The minimum atomic E-state index is -0.409. The van der Waals surface area contributed by atoms with Crippen LogP contribution in [-0.2, 0) is 6.42 Å². The zero-order valence-electron chi connectivity index (χ0n) is 12.3. The SMILES string of the molecule is Cc1cccc(C)c1CC(O)c1cccc(C2CC2)c1. The first-order valence-corrected chi connectivity index (χ1v) is 7.48. The molecule has 1 atom stereocenters. The maximum atomic E-state index is 10.5. The number of benzene rings is 2. The first-order valence-electron chi connectivity index (χ1n) is 7.48. The van der Waals surface area contributed by atoms with E-state index >= 15 is 0 Å². The summed E-state index contributed by atoms with van der Waals surface area (Å²) in [6, 6.07) is 14.8. The standard InChI is InChI=1S/C19H22O/c1-13-5-3-6-14(2)18(13)12-19(20)17-8-4-7-16(11-17)15-9-10-15/h3-8,11,15,19-20H,9-10,12H2,1-2H3. The summed E-state index contributed by atoms with van der Waals surface area (Å²) in [6.45, 7) is 4.24. The quantitative estimate of drug-likeness (QED) is 0.866. The van der Waals surface area contributed by atoms with E-state index in [0.717, 1.165) is 11.5 Å². The molecular formula is C19H22O. The molecule has 1 N–H and O–H groups in total. The Labute approximate surface area is 121 Å². The zero-order chi connectivity index (χ0) is 14.1. The van der Waals surface area contributed by atoms with Crippen molar-refractivity contribution >= 4 is 0 Å². The van der Waals surface area contributed by atoms with Crippen molar-refractivity contribution in [2.45, 2.75) is 45.1 Å². The molecule has 1 saturated carbocycles. The van der Waals surface area contributed by atoms with Crippen LogP contribution in [0, 0.1) is 13.8 Å². The van der Waals surface area contributed by atoms with Gasteiger partial charge in [-0.1, -0.05) is 42.5 Å². The summed E-state index contributed by atoms with van der Waals surface area (Å²) in [5.74, 6) is 0.738. The van der Waals surface area contributed by atoms with Crippen molar-refractivity contribution in [1.82, 2.24) is 0 Å². The summed E-state index contributed by atoms with van der Waals surface area (Å²) in [4.78, 5) is 0. The van der Waals surface area contributed by atoms with Gasteiger partial charge in [-0.3, -0.25) is 0 Å². The molecule has 1 unspecified atom stereocenters. The Hall–Kier alpha value is -1.60. The Kier molecular flexibility index (Phi) is 3.62. The Morgan fingerprint density at radius 2 is 1.70 bits per heavy atom. The monoisotopic (exact) mass is 266 g/mol. The lowest BCUT2D eigenvalue weighted by molar-refractivity contribution is 0.178. The van der Waals surface area contributed by atoms with E-state index in [1.54, 1.807) is 0 Å². The van der Waals surface area contributed by atoms with Gasteiger partial charge < -0.3 is 5.11 Å². The fraction of sp³-hybridized carbons (Fsp3) is 0.368. The third-order valence-electron chi connectivity index (χ3n) is 4.39. The van der Waals surface area contributed by atoms with Crippen molar-refractivity contribution < 1.29 is 5.11 Å². The minimum Gasteiger partial charge on any atom is -0.388 e. The molecule has 0 saturated heterocycles. The van der Waals surface area contributed by atoms with Gasteiger partial charge in [0.05, 0.1) is 6.10 Å². The number of aryl methyl sites for hydroxylation is 2. The highest BCUT2D eigenvalue weighted by Crippen LogP contribution is 2.40. The minimum absolute atomic E-state index is 0.409. The number of hydrogen-bond acceptors (Lipinski definition) is 1. The molecule has 0 spiro atoms. The van der Waals surface area contributed by atoms with Gasteiger partial charge in [0.1, 0.15) is 0 Å². The third kappa shape index (κ3) is 2.78. The third-order valence-corrected chi connectivity index (χ3v) is 4.39. The molecule has 1 heteroatoms. The molecule has 0 amide bonds. The van der Waals surface area contributed by atoms with Crippen LogP contribution in [0.2, 0.25) is 0 Å². The lowest BCUT2D eigenvalue weighted by atomic mass is 9.93. The van der Waals surface area contributed by atoms with Crippen LogP contribution >= 0.6 is 0 Å². The molecule has 2 aromatic carbocycles. The van der Waals surface area contributed by atoms with E-state index in [1.807, 2.05) is 6.07 Å². The smallest absolute Gasteiger partial charge is 0.0830 e. The second kappa shape index (κ2) is 5.41. The van der Waals surface area contributed by atoms with Crippen molar-refractivity contribution in [1.29, 1.82) is 0 Å². The number of hydrogen-bond donors (Lipinski definition) is 1. The van der Waals surface area contributed by atoms with Gasteiger partial charge in [0.15, 0.2) is 0 Å². The van der Waals surface area contributed by atoms with E-state index in [-0.39, 0.29) is 0 Å². The van der Waals surface area contributed by atoms with E-state index < -0.39 is 6.10 Å². The van der Waals surface area contributed by atoms with Gasteiger partial charge in [0, 0.05) is 6.42 Å². The molecule has 20 heavy (non-hydrogen) atoms. The van der Waals surface area contributed by atoms with Crippen LogP contribution in [-0.4, -0.2) is 5.11 Å². The first kappa shape index (κ1) is 13.4. The van der Waals surface area contributed by atoms with Gasteiger partial charge in [0.2, 0.25) is 0 Å². The Bertz CT molecular complexity index is 591. The van der Waals surface area contributed by atoms with E-state index in [0.29, 0.717) is 6.42 Å². The maximum absolute atomic E-state index is 10.5. The summed E-state index contributed by atoms with van der Waals surface area (Å²) in [7, 11) is 0. The van der Waals surface area contributed by atoms with E-state index in [1.165, 1.54) is 35.1 Å². The molecule has 1 nitrogen and oxygen atoms in total. The predicted molar refractivity (Wildman–Crippen MR) is 83.0 cm³/mol. The first-order chi connectivity index (χ1) is 9.65. The van der Waals surface area contributed by atoms with Crippen molar-refractivity contribution in [3.8, 4) is 0 Å². The molecule has 3 rings (SSSR count). The average Bonchev–Trinajstić information content (AvgIpc) is 3.27. The fourth-order valence-electron chi connectivity index (χ4n) is 2.92. The largest absolute Gasteiger partial charge is 0.388 e. The Balaban J connectivity index is 1.82. The summed E-state index contributed by atoms with van der Waals surface area (Å²) in [5.41, 5.74) is 6.25. The summed E-state index contributed by atoms with van der Waals surface area (Å²) in [5, 5.41) is 10.5. The van der Waals surface area contributed by atoms with Gasteiger partial charge in [-0.15, -0.1) is 0 Å². The van der Waals surface area contributed by atoms with Crippen LogP contribution in [0.1, 0.15) is 52.7 Å². The van der Waals surface area contributed by atoms with Crippen molar-refractivity contribution in [2.75, 3.05) is 0 Å². The van der Waals surface area contributed by atoms with Crippen molar-refractivity contribution in [3.63, 3.8) is 0 Å². The lowest BCUT2D eigenvalue weighted by Crippen LogP contribution is -2.05. The molecule has 0 radical (unpaired) electrons. The van der Waals surface area contributed by atoms with Gasteiger partial charge in [0.25, 0.3) is 0 Å². The van der Waals surface area contributed by atoms with Crippen LogP contribution < -0.4 is 0 Å². The summed E-state index contributed by atoms with van der Waals surface area (Å²) in [6.07, 6.45) is 2.90. The molecule has 1 aliphatic carbocycles. The summed E-state index contributed by atoms with van der Waals surface area (Å²) < 4.78 is 0. The van der Waals surface area contributed by atoms with Gasteiger partial charge in [-0.25, -0.2) is 0 Å². The van der Waals surface area contributed by atoms with E-state index in [2.05, 4.69) is 50.2 Å².